The fourth-order valence-electron chi connectivity index (χ4n) is 2.66. The van der Waals surface area contributed by atoms with Gasteiger partial charge < -0.3 is 4.11 Å². The van der Waals surface area contributed by atoms with E-state index in [0.29, 0.717) is 0 Å². The molecule has 16 heavy (non-hydrogen) atoms. The lowest BCUT2D eigenvalue weighted by molar-refractivity contribution is 0.852. The molecule has 0 aliphatic carbocycles. The van der Waals surface area contributed by atoms with Crippen LogP contribution >= 0.6 is 0 Å². The molecule has 0 spiro atoms. The molecule has 0 aliphatic heterocycles. The van der Waals surface area contributed by atoms with Crippen molar-refractivity contribution >= 4 is 27.8 Å². The summed E-state index contributed by atoms with van der Waals surface area (Å²) in [5, 5.41) is 1.04. The molecule has 0 aromatic heterocycles. The van der Waals surface area contributed by atoms with E-state index in [1.807, 2.05) is 30.3 Å². The molecule has 1 aromatic carbocycles. The molecule has 0 heterocycles. The summed E-state index contributed by atoms with van der Waals surface area (Å²) >= 11 is 0. The van der Waals surface area contributed by atoms with Crippen LogP contribution in [0, 0.1) is 0 Å². The van der Waals surface area contributed by atoms with Crippen LogP contribution < -0.4 is 5.19 Å². The Kier molecular flexibility index (Phi) is 3.67. The van der Waals surface area contributed by atoms with Crippen LogP contribution in [-0.2, 0) is 0 Å². The van der Waals surface area contributed by atoms with Gasteiger partial charge in [-0.15, -0.1) is 0 Å². The van der Waals surface area contributed by atoms with Gasteiger partial charge >= 0.3 is 0 Å². The van der Waals surface area contributed by atoms with Crippen molar-refractivity contribution in [2.45, 2.75) is 39.3 Å². The van der Waals surface area contributed by atoms with Crippen molar-refractivity contribution in [1.82, 2.24) is 0 Å². The first kappa shape index (κ1) is 13.9. The predicted octanol–water partition coefficient (Wildman–Crippen LogP) is 3.64. The number of halogens is 1. The van der Waals surface area contributed by atoms with E-state index < -0.39 is 22.6 Å². The maximum Gasteiger partial charge on any atom is 0.248 e. The lowest BCUT2D eigenvalue weighted by Crippen LogP contribution is -2.75. The second-order valence-electron chi connectivity index (χ2n) is 6.52. The normalized spacial score (nSPS) is 13.9. The maximum absolute atomic E-state index is 15.8. The van der Waals surface area contributed by atoms with Gasteiger partial charge in [0.2, 0.25) is 7.44 Å². The van der Waals surface area contributed by atoms with Crippen LogP contribution in [0.2, 0.25) is 39.3 Å². The minimum atomic E-state index is -2.75. The van der Waals surface area contributed by atoms with E-state index in [0.717, 1.165) is 5.19 Å². The zero-order valence-electron chi connectivity index (χ0n) is 11.3. The Balaban J connectivity index is 3.39. The first-order valence-electron chi connectivity index (χ1n) is 5.85. The third-order valence-corrected chi connectivity index (χ3v) is 36.1. The standard InChI is InChI=1S/C12H23FSi3/c1-14(2,3)16(13,15(4,5)6)12-10-8-7-9-11-12/h7-11H,1-6H3. The lowest BCUT2D eigenvalue weighted by atomic mass is 10.4. The lowest BCUT2D eigenvalue weighted by Gasteiger charge is -2.43. The molecule has 0 amide bonds. The highest BCUT2D eigenvalue weighted by Crippen LogP contribution is 2.29. The summed E-state index contributed by atoms with van der Waals surface area (Å²) in [6.45, 7) is 13.2. The molecule has 0 aliphatic rings. The molecular formula is C12H23FSi3. The molecule has 1 aromatic rings. The second-order valence-corrected chi connectivity index (χ2v) is 32.1. The fraction of sp³-hybridized carbons (Fsp3) is 0.500. The smallest absolute Gasteiger partial charge is 0.248 e. The Hall–Kier alpha value is -0.199. The van der Waals surface area contributed by atoms with Gasteiger partial charge in [-0.3, -0.25) is 0 Å². The van der Waals surface area contributed by atoms with Gasteiger partial charge in [-0.2, -0.15) is 0 Å². The molecule has 4 heteroatoms. The molecule has 0 N–H and O–H groups in total. The third-order valence-electron chi connectivity index (χ3n) is 3.24. The van der Waals surface area contributed by atoms with Crippen molar-refractivity contribution in [1.29, 1.82) is 0 Å². The summed E-state index contributed by atoms with van der Waals surface area (Å²) in [4.78, 5) is 0. The molecule has 90 valence electrons. The number of hydrogen-bond acceptors (Lipinski definition) is 0. The van der Waals surface area contributed by atoms with E-state index >= 15 is 4.11 Å². The number of rotatable bonds is 3. The first-order valence-corrected chi connectivity index (χ1v) is 16.7. The van der Waals surface area contributed by atoms with Crippen LogP contribution in [0.5, 0.6) is 0 Å². The Labute approximate surface area is 102 Å². The van der Waals surface area contributed by atoms with Gasteiger partial charge in [-0.1, -0.05) is 69.6 Å². The topological polar surface area (TPSA) is 0 Å². The van der Waals surface area contributed by atoms with E-state index in [9.17, 15) is 0 Å². The van der Waals surface area contributed by atoms with Crippen molar-refractivity contribution < 1.29 is 4.11 Å². The minimum Gasteiger partial charge on any atom is -0.316 e. The van der Waals surface area contributed by atoms with Crippen molar-refractivity contribution in [3.05, 3.63) is 30.3 Å². The van der Waals surface area contributed by atoms with Gasteiger partial charge in [0, 0.05) is 0 Å². The summed E-state index contributed by atoms with van der Waals surface area (Å²) < 4.78 is 15.8. The van der Waals surface area contributed by atoms with E-state index in [-0.39, 0.29) is 0 Å². The summed E-state index contributed by atoms with van der Waals surface area (Å²) in [6.07, 6.45) is 0. The first-order chi connectivity index (χ1) is 7.11. The van der Waals surface area contributed by atoms with E-state index in [2.05, 4.69) is 39.3 Å². The molecular weight excluding hydrogens is 247 g/mol. The Morgan fingerprint density at radius 2 is 1.12 bits per heavy atom. The summed E-state index contributed by atoms with van der Waals surface area (Å²) in [7, 11) is -6.26. The average molecular weight is 271 g/mol. The van der Waals surface area contributed by atoms with E-state index in [4.69, 9.17) is 0 Å². The zero-order chi connectivity index (χ0) is 12.6. The van der Waals surface area contributed by atoms with Crippen LogP contribution in [0.25, 0.3) is 0 Å². The van der Waals surface area contributed by atoms with Crippen LogP contribution in [0.4, 0.5) is 4.11 Å². The van der Waals surface area contributed by atoms with Gasteiger partial charge in [0.15, 0.2) is 0 Å². The van der Waals surface area contributed by atoms with Crippen LogP contribution in [0.3, 0.4) is 0 Å². The largest absolute Gasteiger partial charge is 0.316 e. The van der Waals surface area contributed by atoms with E-state index in [1.165, 1.54) is 0 Å². The van der Waals surface area contributed by atoms with Crippen LogP contribution in [0.15, 0.2) is 30.3 Å². The molecule has 1 rings (SSSR count). The minimum absolute atomic E-state index is 1.04. The zero-order valence-corrected chi connectivity index (χ0v) is 14.3. The van der Waals surface area contributed by atoms with Gasteiger partial charge in [0.1, 0.15) is 0 Å². The molecule has 0 fully saturated rings. The van der Waals surface area contributed by atoms with Crippen molar-refractivity contribution in [3.8, 4) is 0 Å². The van der Waals surface area contributed by atoms with E-state index in [1.54, 1.807) is 0 Å². The summed E-state index contributed by atoms with van der Waals surface area (Å²) in [5.41, 5.74) is 0. The third kappa shape index (κ3) is 2.24. The molecule has 0 atom stereocenters. The monoisotopic (exact) mass is 270 g/mol. The summed E-state index contributed by atoms with van der Waals surface area (Å²) in [5.74, 6) is 0. The number of benzene rings is 1. The Morgan fingerprint density at radius 3 is 1.44 bits per heavy atom. The molecule has 0 nitrogen and oxygen atoms in total. The highest BCUT2D eigenvalue weighted by Gasteiger charge is 2.57. The van der Waals surface area contributed by atoms with Crippen molar-refractivity contribution in [3.63, 3.8) is 0 Å². The molecule has 0 unspecified atom stereocenters. The fourth-order valence-corrected chi connectivity index (χ4v) is 40.5. The Morgan fingerprint density at radius 1 is 0.750 bits per heavy atom. The highest BCUT2D eigenvalue weighted by molar-refractivity contribution is 7.70. The van der Waals surface area contributed by atoms with Crippen molar-refractivity contribution in [2.24, 2.45) is 0 Å². The van der Waals surface area contributed by atoms with Crippen LogP contribution in [0.1, 0.15) is 0 Å². The Bertz CT molecular complexity index is 335. The second kappa shape index (κ2) is 4.23. The van der Waals surface area contributed by atoms with Gasteiger partial charge in [0.05, 0.1) is 15.2 Å². The summed E-state index contributed by atoms with van der Waals surface area (Å²) in [6, 6.07) is 9.98. The average Bonchev–Trinajstić information content (AvgIpc) is 2.14. The maximum atomic E-state index is 15.8. The van der Waals surface area contributed by atoms with Gasteiger partial charge in [-0.05, 0) is 5.19 Å². The quantitative estimate of drug-likeness (QED) is 0.581. The molecule has 0 saturated carbocycles. The molecule has 0 saturated heterocycles. The van der Waals surface area contributed by atoms with Gasteiger partial charge in [0.25, 0.3) is 0 Å². The van der Waals surface area contributed by atoms with Crippen LogP contribution in [-0.4, -0.2) is 22.6 Å². The molecule has 0 bridgehead atoms. The highest BCUT2D eigenvalue weighted by atomic mass is 29.7. The predicted molar refractivity (Wildman–Crippen MR) is 79.6 cm³/mol. The number of hydrogen-bond donors (Lipinski definition) is 0. The molecule has 0 radical (unpaired) electrons. The SMILES string of the molecule is C[Si](C)(C)[Si](F)(c1ccccc1)[Si](C)(C)C. The van der Waals surface area contributed by atoms with Crippen molar-refractivity contribution in [2.75, 3.05) is 0 Å². The van der Waals surface area contributed by atoms with Gasteiger partial charge in [-0.25, -0.2) is 0 Å².